The summed E-state index contributed by atoms with van der Waals surface area (Å²) >= 11 is 5.30. The zero-order valence-electron chi connectivity index (χ0n) is 14.6. The van der Waals surface area contributed by atoms with E-state index in [0.29, 0.717) is 35.2 Å². The third-order valence-corrected chi connectivity index (χ3v) is 5.06. The first-order valence-electron chi connectivity index (χ1n) is 8.46. The smallest absolute Gasteiger partial charge is 0.269 e. The molecule has 0 spiro atoms. The van der Waals surface area contributed by atoms with Crippen LogP contribution in [0.4, 0.5) is 0 Å². The van der Waals surface area contributed by atoms with Gasteiger partial charge in [-0.25, -0.2) is 0 Å². The molecule has 1 aliphatic rings. The van der Waals surface area contributed by atoms with Gasteiger partial charge in [0.2, 0.25) is 0 Å². The van der Waals surface area contributed by atoms with E-state index >= 15 is 0 Å². The molecular weight excluding hydrogens is 322 g/mol. The highest BCUT2D eigenvalue weighted by molar-refractivity contribution is 7.80. The van der Waals surface area contributed by atoms with Gasteiger partial charge in [0.1, 0.15) is 0 Å². The highest BCUT2D eigenvalue weighted by Crippen LogP contribution is 2.29. The van der Waals surface area contributed by atoms with Crippen molar-refractivity contribution in [2.45, 2.75) is 45.8 Å². The number of nitrogens with one attached hydrogen (secondary N) is 3. The molecule has 1 aromatic rings. The number of hydrazine groups is 1. The largest absolute Gasteiger partial charge is 0.380 e. The molecule has 0 bridgehead atoms. The number of carbonyl (C=O) groups excluding carboxylic acids is 1. The van der Waals surface area contributed by atoms with E-state index in [1.165, 1.54) is 12.8 Å². The first-order valence-corrected chi connectivity index (χ1v) is 8.86. The number of benzene rings is 1. The summed E-state index contributed by atoms with van der Waals surface area (Å²) in [6, 6.07) is 7.65. The molecule has 0 aliphatic heterocycles. The molecule has 1 fully saturated rings. The minimum absolute atomic E-state index is 0.215. The zero-order chi connectivity index (χ0) is 17.5. The lowest BCUT2D eigenvalue weighted by atomic mass is 9.78. The first-order chi connectivity index (χ1) is 11.5. The van der Waals surface area contributed by atoms with Crippen molar-refractivity contribution in [1.82, 2.24) is 16.2 Å². The molecule has 2 rings (SSSR count). The predicted molar refractivity (Wildman–Crippen MR) is 99.5 cm³/mol. The summed E-state index contributed by atoms with van der Waals surface area (Å²) in [7, 11) is 1.65. The van der Waals surface area contributed by atoms with E-state index in [1.807, 2.05) is 12.1 Å². The third-order valence-electron chi connectivity index (χ3n) is 4.84. The quantitative estimate of drug-likeness (QED) is 0.576. The molecule has 1 saturated carbocycles. The minimum Gasteiger partial charge on any atom is -0.380 e. The Kier molecular flexibility index (Phi) is 6.99. The van der Waals surface area contributed by atoms with Crippen molar-refractivity contribution in [3.63, 3.8) is 0 Å². The van der Waals surface area contributed by atoms with Gasteiger partial charge in [-0.1, -0.05) is 38.8 Å². The highest BCUT2D eigenvalue weighted by Gasteiger charge is 2.27. The molecule has 0 heterocycles. The van der Waals surface area contributed by atoms with Gasteiger partial charge in [-0.05, 0) is 48.2 Å². The van der Waals surface area contributed by atoms with E-state index in [1.54, 1.807) is 19.2 Å². The Morgan fingerprint density at radius 3 is 2.58 bits per heavy atom. The van der Waals surface area contributed by atoms with Gasteiger partial charge in [0.25, 0.3) is 5.91 Å². The first kappa shape index (κ1) is 18.7. The summed E-state index contributed by atoms with van der Waals surface area (Å²) in [6.45, 7) is 5.07. The van der Waals surface area contributed by atoms with E-state index in [9.17, 15) is 4.79 Å². The highest BCUT2D eigenvalue weighted by atomic mass is 32.1. The average Bonchev–Trinajstić information content (AvgIpc) is 2.58. The van der Waals surface area contributed by atoms with Crippen LogP contribution < -0.4 is 16.2 Å². The van der Waals surface area contributed by atoms with Crippen molar-refractivity contribution >= 4 is 23.2 Å². The number of carbonyl (C=O) groups is 1. The van der Waals surface area contributed by atoms with Crippen LogP contribution in [0.2, 0.25) is 0 Å². The second-order valence-corrected chi connectivity index (χ2v) is 6.96. The molecule has 132 valence electrons. The van der Waals surface area contributed by atoms with Crippen molar-refractivity contribution in [2.24, 2.45) is 11.8 Å². The van der Waals surface area contributed by atoms with E-state index in [2.05, 4.69) is 30.0 Å². The Hall–Kier alpha value is -1.66. The standard InChI is InChI=1S/C18H27N3O2S/c1-12-5-4-6-16(13(12)2)19-18(24)21-20-17(22)15-9-7-14(8-10-15)11-23-3/h7-10,12-13,16H,4-6,11H2,1-3H3,(H,20,22)(H2,19,21,24)/t12-,13+,16+/m0/s1. The molecule has 3 atom stereocenters. The number of thiocarbonyl (C=S) groups is 1. The van der Waals surface area contributed by atoms with Gasteiger partial charge in [-0.15, -0.1) is 0 Å². The average molecular weight is 350 g/mol. The summed E-state index contributed by atoms with van der Waals surface area (Å²) in [5.74, 6) is 1.05. The molecule has 1 aromatic carbocycles. The molecule has 0 saturated heterocycles. The van der Waals surface area contributed by atoms with Gasteiger partial charge in [0, 0.05) is 18.7 Å². The molecule has 5 nitrogen and oxygen atoms in total. The van der Waals surface area contributed by atoms with Gasteiger partial charge >= 0.3 is 0 Å². The summed E-state index contributed by atoms with van der Waals surface area (Å²) in [5.41, 5.74) is 7.04. The fourth-order valence-corrected chi connectivity index (χ4v) is 3.30. The van der Waals surface area contributed by atoms with Crippen molar-refractivity contribution < 1.29 is 9.53 Å². The molecule has 0 aromatic heterocycles. The normalized spacial score (nSPS) is 23.4. The monoisotopic (exact) mass is 349 g/mol. The van der Waals surface area contributed by atoms with Crippen LogP contribution >= 0.6 is 12.2 Å². The number of hydrogen-bond donors (Lipinski definition) is 3. The molecule has 1 aliphatic carbocycles. The van der Waals surface area contributed by atoms with Crippen LogP contribution in [0, 0.1) is 11.8 Å². The maximum Gasteiger partial charge on any atom is 0.269 e. The number of amides is 1. The molecule has 6 heteroatoms. The summed E-state index contributed by atoms with van der Waals surface area (Å²) in [6.07, 6.45) is 3.60. The fraction of sp³-hybridized carbons (Fsp3) is 0.556. The second kappa shape index (κ2) is 8.99. The van der Waals surface area contributed by atoms with Gasteiger partial charge < -0.3 is 10.1 Å². The van der Waals surface area contributed by atoms with E-state index < -0.39 is 0 Å². The molecule has 3 N–H and O–H groups in total. The molecule has 0 radical (unpaired) electrons. The second-order valence-electron chi connectivity index (χ2n) is 6.56. The Morgan fingerprint density at radius 1 is 1.21 bits per heavy atom. The molecule has 24 heavy (non-hydrogen) atoms. The summed E-state index contributed by atoms with van der Waals surface area (Å²) in [4.78, 5) is 12.1. The van der Waals surface area contributed by atoms with Gasteiger partial charge in [-0.3, -0.25) is 15.6 Å². The van der Waals surface area contributed by atoms with Crippen LogP contribution in [-0.4, -0.2) is 24.2 Å². The fourth-order valence-electron chi connectivity index (χ4n) is 3.09. The number of rotatable bonds is 4. The van der Waals surface area contributed by atoms with Crippen molar-refractivity contribution in [3.05, 3.63) is 35.4 Å². The summed E-state index contributed by atoms with van der Waals surface area (Å²) < 4.78 is 5.06. The maximum atomic E-state index is 12.1. The number of ether oxygens (including phenoxy) is 1. The Labute approximate surface area is 149 Å². The lowest BCUT2D eigenvalue weighted by Crippen LogP contribution is -2.52. The minimum atomic E-state index is -0.215. The van der Waals surface area contributed by atoms with Crippen molar-refractivity contribution in [2.75, 3.05) is 7.11 Å². The third kappa shape index (κ3) is 5.18. The van der Waals surface area contributed by atoms with Crippen molar-refractivity contribution in [3.8, 4) is 0 Å². The maximum absolute atomic E-state index is 12.1. The predicted octanol–water partition coefficient (Wildman–Crippen LogP) is 2.77. The number of hydrogen-bond acceptors (Lipinski definition) is 3. The van der Waals surface area contributed by atoms with Crippen LogP contribution in [0.25, 0.3) is 0 Å². The lowest BCUT2D eigenvalue weighted by molar-refractivity contribution is 0.0943. The van der Waals surface area contributed by atoms with Crippen LogP contribution in [0.5, 0.6) is 0 Å². The van der Waals surface area contributed by atoms with Gasteiger partial charge in [0.15, 0.2) is 5.11 Å². The van der Waals surface area contributed by atoms with Crippen LogP contribution in [0.3, 0.4) is 0 Å². The van der Waals surface area contributed by atoms with E-state index in [4.69, 9.17) is 17.0 Å². The zero-order valence-corrected chi connectivity index (χ0v) is 15.4. The van der Waals surface area contributed by atoms with Crippen LogP contribution in [0.1, 0.15) is 49.0 Å². The Bertz CT molecular complexity index is 562. The van der Waals surface area contributed by atoms with E-state index in [0.717, 1.165) is 12.0 Å². The van der Waals surface area contributed by atoms with Gasteiger partial charge in [0.05, 0.1) is 6.61 Å². The lowest BCUT2D eigenvalue weighted by Gasteiger charge is -2.35. The molecule has 0 unspecified atom stereocenters. The Balaban J connectivity index is 1.79. The van der Waals surface area contributed by atoms with Gasteiger partial charge in [-0.2, -0.15) is 0 Å². The summed E-state index contributed by atoms with van der Waals surface area (Å²) in [5, 5.41) is 3.78. The molecule has 1 amide bonds. The number of methoxy groups -OCH3 is 1. The topological polar surface area (TPSA) is 62.4 Å². The molecular formula is C18H27N3O2S. The van der Waals surface area contributed by atoms with Crippen LogP contribution in [0.15, 0.2) is 24.3 Å². The SMILES string of the molecule is COCc1ccc(C(=O)NNC(=S)N[C@@H]2CCC[C@H](C)[C@H]2C)cc1. The van der Waals surface area contributed by atoms with Crippen LogP contribution in [-0.2, 0) is 11.3 Å². The Morgan fingerprint density at radius 2 is 1.92 bits per heavy atom. The van der Waals surface area contributed by atoms with E-state index in [-0.39, 0.29) is 5.91 Å². The van der Waals surface area contributed by atoms with Crippen molar-refractivity contribution in [1.29, 1.82) is 0 Å².